The molecule has 1 atom stereocenters. The van der Waals surface area contributed by atoms with Crippen LogP contribution >= 0.6 is 0 Å². The van der Waals surface area contributed by atoms with E-state index in [9.17, 15) is 0 Å². The molecule has 20 heavy (non-hydrogen) atoms. The first kappa shape index (κ1) is 12.8. The van der Waals surface area contributed by atoms with E-state index < -0.39 is 0 Å². The van der Waals surface area contributed by atoms with Crippen molar-refractivity contribution in [3.8, 4) is 0 Å². The van der Waals surface area contributed by atoms with Gasteiger partial charge in [-0.1, -0.05) is 12.1 Å². The lowest BCUT2D eigenvalue weighted by Gasteiger charge is -2.17. The van der Waals surface area contributed by atoms with E-state index in [1.54, 1.807) is 0 Å². The van der Waals surface area contributed by atoms with Crippen LogP contribution in [0.1, 0.15) is 17.4 Å². The lowest BCUT2D eigenvalue weighted by molar-refractivity contribution is 0.564. The number of fused-ring (bicyclic) bond motifs is 1. The zero-order valence-electron chi connectivity index (χ0n) is 11.7. The number of pyridine rings is 1. The van der Waals surface area contributed by atoms with Gasteiger partial charge in [0.2, 0.25) is 0 Å². The van der Waals surface area contributed by atoms with Crippen LogP contribution in [-0.2, 0) is 13.5 Å². The summed E-state index contributed by atoms with van der Waals surface area (Å²) in [6.45, 7) is 0. The first-order valence-corrected chi connectivity index (χ1v) is 6.76. The molecule has 0 fully saturated rings. The smallest absolute Gasteiger partial charge is 0.110 e. The van der Waals surface area contributed by atoms with E-state index in [2.05, 4.69) is 44.1 Å². The van der Waals surface area contributed by atoms with Gasteiger partial charge in [-0.05, 0) is 30.8 Å². The van der Waals surface area contributed by atoms with Crippen LogP contribution in [0.2, 0.25) is 0 Å². The molecule has 0 amide bonds. The maximum atomic E-state index is 4.40. The van der Waals surface area contributed by atoms with Gasteiger partial charge in [0, 0.05) is 43.5 Å². The molecule has 0 saturated carbocycles. The summed E-state index contributed by atoms with van der Waals surface area (Å²) < 4.78 is 2.06. The summed E-state index contributed by atoms with van der Waals surface area (Å²) in [5, 5.41) is 4.55. The molecule has 3 aromatic rings. The van der Waals surface area contributed by atoms with E-state index in [1.165, 1.54) is 10.9 Å². The minimum absolute atomic E-state index is 0.251. The summed E-state index contributed by atoms with van der Waals surface area (Å²) in [6.07, 6.45) is 6.51. The topological polar surface area (TPSA) is 42.7 Å². The first-order chi connectivity index (χ1) is 9.78. The van der Waals surface area contributed by atoms with Gasteiger partial charge in [0.25, 0.3) is 0 Å². The molecule has 2 heterocycles. The predicted molar refractivity (Wildman–Crippen MR) is 80.5 cm³/mol. The van der Waals surface area contributed by atoms with Crippen LogP contribution in [0, 0.1) is 0 Å². The number of hydrogen-bond acceptors (Lipinski definition) is 3. The molecule has 0 bridgehead atoms. The molecule has 102 valence electrons. The van der Waals surface area contributed by atoms with Crippen LogP contribution in [0.15, 0.2) is 48.9 Å². The van der Waals surface area contributed by atoms with Gasteiger partial charge in [0.05, 0.1) is 5.52 Å². The molecule has 4 nitrogen and oxygen atoms in total. The van der Waals surface area contributed by atoms with Crippen molar-refractivity contribution in [3.05, 3.63) is 60.3 Å². The van der Waals surface area contributed by atoms with Crippen molar-refractivity contribution in [2.75, 3.05) is 7.05 Å². The van der Waals surface area contributed by atoms with Crippen LogP contribution in [0.3, 0.4) is 0 Å². The van der Waals surface area contributed by atoms with E-state index in [1.807, 2.05) is 38.8 Å². The molecule has 0 saturated heterocycles. The summed E-state index contributed by atoms with van der Waals surface area (Å²) in [4.78, 5) is 8.76. The average Bonchev–Trinajstić information content (AvgIpc) is 2.89. The number of imidazole rings is 1. The van der Waals surface area contributed by atoms with Gasteiger partial charge in [-0.3, -0.25) is 4.98 Å². The number of benzene rings is 1. The zero-order chi connectivity index (χ0) is 13.9. The Kier molecular flexibility index (Phi) is 3.48. The normalized spacial score (nSPS) is 12.7. The molecule has 1 aromatic carbocycles. The molecule has 0 aliphatic carbocycles. The molecule has 1 unspecified atom stereocenters. The van der Waals surface area contributed by atoms with Crippen molar-refractivity contribution >= 4 is 10.9 Å². The maximum absolute atomic E-state index is 4.40. The Balaban J connectivity index is 1.92. The molecule has 0 aliphatic heterocycles. The number of nitrogens with zero attached hydrogens (tertiary/aromatic N) is 3. The zero-order valence-corrected chi connectivity index (χ0v) is 11.7. The van der Waals surface area contributed by atoms with Crippen LogP contribution in [-0.4, -0.2) is 21.6 Å². The van der Waals surface area contributed by atoms with Crippen molar-refractivity contribution < 1.29 is 0 Å². The second kappa shape index (κ2) is 5.43. The number of aryl methyl sites for hydroxylation is 1. The Hall–Kier alpha value is -2.20. The third-order valence-electron chi connectivity index (χ3n) is 3.69. The highest BCUT2D eigenvalue weighted by atomic mass is 15.0. The van der Waals surface area contributed by atoms with E-state index >= 15 is 0 Å². The van der Waals surface area contributed by atoms with Crippen molar-refractivity contribution in [2.24, 2.45) is 7.05 Å². The van der Waals surface area contributed by atoms with Gasteiger partial charge in [-0.15, -0.1) is 0 Å². The molecule has 0 aliphatic rings. The molecular weight excluding hydrogens is 248 g/mol. The summed E-state index contributed by atoms with van der Waals surface area (Å²) in [6, 6.07) is 10.7. The number of nitrogens with one attached hydrogen (secondary N) is 1. The summed E-state index contributed by atoms with van der Waals surface area (Å²) >= 11 is 0. The number of aromatic nitrogens is 3. The molecule has 3 rings (SSSR count). The van der Waals surface area contributed by atoms with Crippen LogP contribution < -0.4 is 5.32 Å². The first-order valence-electron chi connectivity index (χ1n) is 6.76. The largest absolute Gasteiger partial charge is 0.338 e. The Labute approximate surface area is 118 Å². The Morgan fingerprint density at radius 2 is 2.10 bits per heavy atom. The van der Waals surface area contributed by atoms with Crippen molar-refractivity contribution in [3.63, 3.8) is 0 Å². The summed E-state index contributed by atoms with van der Waals surface area (Å²) in [7, 11) is 4.01. The Morgan fingerprint density at radius 1 is 1.20 bits per heavy atom. The monoisotopic (exact) mass is 266 g/mol. The minimum Gasteiger partial charge on any atom is -0.338 e. The molecular formula is C16H18N4. The molecule has 0 radical (unpaired) electrons. The second-order valence-corrected chi connectivity index (χ2v) is 4.96. The van der Waals surface area contributed by atoms with E-state index in [0.717, 1.165) is 17.8 Å². The number of rotatable bonds is 4. The van der Waals surface area contributed by atoms with E-state index in [4.69, 9.17) is 0 Å². The maximum Gasteiger partial charge on any atom is 0.110 e. The fourth-order valence-electron chi connectivity index (χ4n) is 2.47. The summed E-state index contributed by atoms with van der Waals surface area (Å²) in [5.74, 6) is 1.08. The molecule has 1 N–H and O–H groups in total. The van der Waals surface area contributed by atoms with Crippen LogP contribution in [0.4, 0.5) is 0 Å². The third kappa shape index (κ3) is 2.42. The van der Waals surface area contributed by atoms with Crippen molar-refractivity contribution in [2.45, 2.75) is 12.5 Å². The van der Waals surface area contributed by atoms with Crippen LogP contribution in [0.25, 0.3) is 10.9 Å². The molecule has 4 heteroatoms. The highest BCUT2D eigenvalue weighted by Gasteiger charge is 2.13. The number of hydrogen-bond donors (Lipinski definition) is 1. The highest BCUT2D eigenvalue weighted by Crippen LogP contribution is 2.21. The fraction of sp³-hybridized carbons (Fsp3) is 0.250. The average molecular weight is 266 g/mol. The van der Waals surface area contributed by atoms with Gasteiger partial charge < -0.3 is 9.88 Å². The fourth-order valence-corrected chi connectivity index (χ4v) is 2.47. The lowest BCUT2D eigenvalue weighted by atomic mass is 10.0. The van der Waals surface area contributed by atoms with E-state index in [-0.39, 0.29) is 6.04 Å². The third-order valence-corrected chi connectivity index (χ3v) is 3.69. The predicted octanol–water partition coefficient (Wildman–Crippen LogP) is 2.47. The van der Waals surface area contributed by atoms with Gasteiger partial charge in [-0.25, -0.2) is 4.98 Å². The van der Waals surface area contributed by atoms with E-state index in [0.29, 0.717) is 0 Å². The van der Waals surface area contributed by atoms with Crippen molar-refractivity contribution in [1.29, 1.82) is 0 Å². The van der Waals surface area contributed by atoms with Gasteiger partial charge in [-0.2, -0.15) is 0 Å². The standard InChI is InChI=1S/C16H18N4/c1-17-15(11-16-19-8-9-20(16)2)13-5-6-14-12(10-13)4-3-7-18-14/h3-10,15,17H,11H2,1-2H3. The Morgan fingerprint density at radius 3 is 2.85 bits per heavy atom. The summed E-state index contributed by atoms with van der Waals surface area (Å²) in [5.41, 5.74) is 2.29. The lowest BCUT2D eigenvalue weighted by Crippen LogP contribution is -2.20. The quantitative estimate of drug-likeness (QED) is 0.789. The SMILES string of the molecule is CNC(Cc1nccn1C)c1ccc2ncccc2c1. The minimum atomic E-state index is 0.251. The second-order valence-electron chi connectivity index (χ2n) is 4.96. The van der Waals surface area contributed by atoms with Crippen molar-refractivity contribution in [1.82, 2.24) is 19.9 Å². The van der Waals surface area contributed by atoms with Gasteiger partial charge in [0.15, 0.2) is 0 Å². The Bertz CT molecular complexity index is 717. The molecule has 0 spiro atoms. The molecule has 2 aromatic heterocycles. The van der Waals surface area contributed by atoms with Gasteiger partial charge in [0.1, 0.15) is 5.82 Å². The highest BCUT2D eigenvalue weighted by molar-refractivity contribution is 5.79. The van der Waals surface area contributed by atoms with Gasteiger partial charge >= 0.3 is 0 Å². The number of likely N-dealkylation sites (N-methyl/N-ethyl adjacent to an activating group) is 1. The van der Waals surface area contributed by atoms with Crippen LogP contribution in [0.5, 0.6) is 0 Å².